The summed E-state index contributed by atoms with van der Waals surface area (Å²) in [5.41, 5.74) is 0.182. The van der Waals surface area contributed by atoms with Crippen molar-refractivity contribution in [1.29, 1.82) is 0 Å². The van der Waals surface area contributed by atoms with Gasteiger partial charge in [0.1, 0.15) is 11.6 Å². The summed E-state index contributed by atoms with van der Waals surface area (Å²) in [7, 11) is 0. The van der Waals surface area contributed by atoms with Crippen LogP contribution in [0.2, 0.25) is 0 Å². The zero-order chi connectivity index (χ0) is 16.8. The van der Waals surface area contributed by atoms with Gasteiger partial charge in [-0.2, -0.15) is 5.06 Å². The Morgan fingerprint density at radius 3 is 2.36 bits per heavy atom. The van der Waals surface area contributed by atoms with Crippen molar-refractivity contribution in [2.45, 2.75) is 52.7 Å². The fourth-order valence-electron chi connectivity index (χ4n) is 1.79. The van der Waals surface area contributed by atoms with Gasteiger partial charge in [-0.15, -0.1) is 0 Å². The molecule has 4 heteroatoms. The first-order valence-electron chi connectivity index (χ1n) is 7.46. The van der Waals surface area contributed by atoms with Crippen LogP contribution in [0, 0.1) is 17.8 Å². The molecule has 0 spiro atoms. The Labute approximate surface area is 133 Å². The van der Waals surface area contributed by atoms with Crippen LogP contribution in [0.3, 0.4) is 0 Å². The molecule has 0 radical (unpaired) electrons. The van der Waals surface area contributed by atoms with Gasteiger partial charge in [-0.05, 0) is 45.2 Å². The maximum absolute atomic E-state index is 12.0. The predicted molar refractivity (Wildman–Crippen MR) is 86.4 cm³/mol. The van der Waals surface area contributed by atoms with Crippen LogP contribution in [0.1, 0.15) is 46.6 Å². The first kappa shape index (κ1) is 18.1. The largest absolute Gasteiger partial charge is 0.442 e. The highest BCUT2D eigenvalue weighted by Crippen LogP contribution is 2.14. The Morgan fingerprint density at radius 2 is 1.86 bits per heavy atom. The third kappa shape index (κ3) is 6.64. The molecule has 0 aromatic heterocycles. The topological polar surface area (TPSA) is 49.8 Å². The number of hydrogen-bond donors (Lipinski definition) is 1. The van der Waals surface area contributed by atoms with E-state index in [0.29, 0.717) is 11.5 Å². The van der Waals surface area contributed by atoms with Crippen molar-refractivity contribution in [3.63, 3.8) is 0 Å². The van der Waals surface area contributed by atoms with E-state index in [1.807, 2.05) is 44.2 Å². The van der Waals surface area contributed by atoms with Gasteiger partial charge in [-0.3, -0.25) is 5.21 Å². The standard InChI is InChI=1S/C18H25NO3/c1-14(2)13-16(12-11-15-9-7-6-8-10-15)19(21)17(20)22-18(3,4)5/h6-10,14,16,21H,13H2,1-5H3. The summed E-state index contributed by atoms with van der Waals surface area (Å²) in [5, 5.41) is 10.7. The molecule has 1 N–H and O–H groups in total. The predicted octanol–water partition coefficient (Wildman–Crippen LogP) is 4.08. The maximum atomic E-state index is 12.0. The number of carbonyl (C=O) groups is 1. The van der Waals surface area contributed by atoms with Crippen molar-refractivity contribution in [2.24, 2.45) is 5.92 Å². The third-order valence-electron chi connectivity index (χ3n) is 2.73. The van der Waals surface area contributed by atoms with Gasteiger partial charge in [0.05, 0.1) is 0 Å². The Balaban J connectivity index is 2.89. The van der Waals surface area contributed by atoms with Crippen molar-refractivity contribution in [2.75, 3.05) is 0 Å². The first-order valence-corrected chi connectivity index (χ1v) is 7.46. The number of hydrogen-bond acceptors (Lipinski definition) is 3. The minimum atomic E-state index is -0.777. The van der Waals surface area contributed by atoms with Crippen molar-refractivity contribution in [1.82, 2.24) is 5.06 Å². The number of nitrogens with zero attached hydrogens (tertiary/aromatic N) is 1. The molecule has 0 aliphatic heterocycles. The van der Waals surface area contributed by atoms with Crippen molar-refractivity contribution >= 4 is 6.09 Å². The quantitative estimate of drug-likeness (QED) is 0.520. The molecule has 1 aromatic carbocycles. The molecule has 1 rings (SSSR count). The number of carbonyl (C=O) groups excluding carboxylic acids is 1. The zero-order valence-electron chi connectivity index (χ0n) is 14.0. The molecule has 0 aliphatic carbocycles. The number of ether oxygens (including phenoxy) is 1. The van der Waals surface area contributed by atoms with E-state index in [-0.39, 0.29) is 5.92 Å². The molecular weight excluding hydrogens is 278 g/mol. The van der Waals surface area contributed by atoms with E-state index in [2.05, 4.69) is 11.8 Å². The van der Waals surface area contributed by atoms with Crippen molar-refractivity contribution < 1.29 is 14.7 Å². The maximum Gasteiger partial charge on any atom is 0.435 e. The lowest BCUT2D eigenvalue weighted by atomic mass is 10.0. The summed E-state index contributed by atoms with van der Waals surface area (Å²) >= 11 is 0. The lowest BCUT2D eigenvalue weighted by molar-refractivity contribution is -0.111. The molecule has 0 bridgehead atoms. The molecule has 4 nitrogen and oxygen atoms in total. The van der Waals surface area contributed by atoms with Crippen LogP contribution in [0.15, 0.2) is 30.3 Å². The highest BCUT2D eigenvalue weighted by atomic mass is 16.6. The second-order valence-electron chi connectivity index (χ2n) is 6.61. The minimum Gasteiger partial charge on any atom is -0.442 e. The van der Waals surface area contributed by atoms with E-state index >= 15 is 0 Å². The molecule has 120 valence electrons. The highest BCUT2D eigenvalue weighted by molar-refractivity contribution is 5.67. The van der Waals surface area contributed by atoms with Crippen LogP contribution in [0.25, 0.3) is 0 Å². The molecular formula is C18H25NO3. The van der Waals surface area contributed by atoms with Gasteiger partial charge in [-0.25, -0.2) is 4.79 Å². The van der Waals surface area contributed by atoms with Crippen LogP contribution >= 0.6 is 0 Å². The van der Waals surface area contributed by atoms with Crippen molar-refractivity contribution in [3.8, 4) is 11.8 Å². The Hall–Kier alpha value is -1.99. The van der Waals surface area contributed by atoms with Crippen molar-refractivity contribution in [3.05, 3.63) is 35.9 Å². The third-order valence-corrected chi connectivity index (χ3v) is 2.73. The molecule has 0 aliphatic rings. The summed E-state index contributed by atoms with van der Waals surface area (Å²) in [6.07, 6.45) is -0.212. The van der Waals surface area contributed by atoms with Crippen LogP contribution in [-0.2, 0) is 4.74 Å². The number of amides is 1. The fourth-order valence-corrected chi connectivity index (χ4v) is 1.79. The van der Waals surface area contributed by atoms with Gasteiger partial charge in [0.2, 0.25) is 0 Å². The number of hydroxylamine groups is 2. The molecule has 1 amide bonds. The first-order chi connectivity index (χ1) is 10.2. The highest BCUT2D eigenvalue weighted by Gasteiger charge is 2.26. The normalized spacial score (nSPS) is 12.3. The SMILES string of the molecule is CC(C)CC(C#Cc1ccccc1)N(O)C(=O)OC(C)(C)C. The van der Waals surface area contributed by atoms with Gasteiger partial charge in [-0.1, -0.05) is 43.9 Å². The minimum absolute atomic E-state index is 0.284. The monoisotopic (exact) mass is 303 g/mol. The van der Waals surface area contributed by atoms with Crippen LogP contribution < -0.4 is 0 Å². The van der Waals surface area contributed by atoms with E-state index in [9.17, 15) is 10.0 Å². The van der Waals surface area contributed by atoms with E-state index in [4.69, 9.17) is 4.74 Å². The molecule has 22 heavy (non-hydrogen) atoms. The molecule has 0 fully saturated rings. The number of rotatable bonds is 3. The Morgan fingerprint density at radius 1 is 1.27 bits per heavy atom. The summed E-state index contributed by atoms with van der Waals surface area (Å²) in [6, 6.07) is 8.87. The molecule has 0 saturated heterocycles. The van der Waals surface area contributed by atoms with E-state index in [1.54, 1.807) is 20.8 Å². The molecule has 1 aromatic rings. The van der Waals surface area contributed by atoms with Crippen LogP contribution in [0.5, 0.6) is 0 Å². The number of benzene rings is 1. The zero-order valence-corrected chi connectivity index (χ0v) is 14.0. The van der Waals surface area contributed by atoms with E-state index < -0.39 is 17.7 Å². The summed E-state index contributed by atoms with van der Waals surface area (Å²) in [6.45, 7) is 9.30. The Kier molecular flexibility index (Phi) is 6.45. The molecule has 0 saturated carbocycles. The summed E-state index contributed by atoms with van der Waals surface area (Å²) < 4.78 is 5.18. The lowest BCUT2D eigenvalue weighted by Crippen LogP contribution is -2.41. The summed E-state index contributed by atoms with van der Waals surface area (Å²) in [5.74, 6) is 6.23. The average Bonchev–Trinajstić information content (AvgIpc) is 2.41. The lowest BCUT2D eigenvalue weighted by Gasteiger charge is -2.27. The summed E-state index contributed by atoms with van der Waals surface area (Å²) in [4.78, 5) is 12.0. The van der Waals surface area contributed by atoms with Crippen LogP contribution in [-0.4, -0.2) is 28.0 Å². The van der Waals surface area contributed by atoms with E-state index in [1.165, 1.54) is 0 Å². The molecule has 0 heterocycles. The van der Waals surface area contributed by atoms with Gasteiger partial charge < -0.3 is 4.74 Å². The Bertz CT molecular complexity index is 535. The van der Waals surface area contributed by atoms with Gasteiger partial charge in [0, 0.05) is 5.56 Å². The van der Waals surface area contributed by atoms with Gasteiger partial charge in [0.25, 0.3) is 0 Å². The molecule has 1 unspecified atom stereocenters. The second kappa shape index (κ2) is 7.86. The second-order valence-corrected chi connectivity index (χ2v) is 6.61. The average molecular weight is 303 g/mol. The fraction of sp³-hybridized carbons (Fsp3) is 0.500. The van der Waals surface area contributed by atoms with Gasteiger partial charge >= 0.3 is 6.09 Å². The van der Waals surface area contributed by atoms with Gasteiger partial charge in [0.15, 0.2) is 0 Å². The van der Waals surface area contributed by atoms with Crippen LogP contribution in [0.4, 0.5) is 4.79 Å². The molecule has 1 atom stereocenters. The van der Waals surface area contributed by atoms with E-state index in [0.717, 1.165) is 5.56 Å². The smallest absolute Gasteiger partial charge is 0.435 e.